The molecule has 94 valence electrons. The number of methoxy groups -OCH3 is 1. The Bertz CT molecular complexity index is 414. The molecule has 2 N–H and O–H groups in total. The fourth-order valence-corrected chi connectivity index (χ4v) is 2.61. The largest absolute Gasteiger partial charge is 0.504 e. The molecule has 0 aliphatic carbocycles. The van der Waals surface area contributed by atoms with E-state index in [1.807, 2.05) is 6.92 Å². The van der Waals surface area contributed by atoms with E-state index in [1.165, 1.54) is 12.8 Å². The number of phenols is 1. The number of halogens is 1. The molecule has 0 bridgehead atoms. The number of ether oxygens (including phenoxy) is 1. The maximum Gasteiger partial charge on any atom is 0.162 e. The van der Waals surface area contributed by atoms with Gasteiger partial charge in [0.15, 0.2) is 11.5 Å². The second kappa shape index (κ2) is 5.15. The molecule has 1 heterocycles. The van der Waals surface area contributed by atoms with Crippen LogP contribution in [0.15, 0.2) is 6.07 Å². The molecule has 0 radical (unpaired) electrons. The lowest BCUT2D eigenvalue weighted by Gasteiger charge is -2.27. The lowest BCUT2D eigenvalue weighted by molar-refractivity contribution is 0.354. The van der Waals surface area contributed by atoms with Crippen molar-refractivity contribution in [2.75, 3.05) is 13.7 Å². The van der Waals surface area contributed by atoms with Gasteiger partial charge in [-0.15, -0.1) is 0 Å². The third-order valence-electron chi connectivity index (χ3n) is 3.39. The minimum absolute atomic E-state index is 0.177. The third-order valence-corrected chi connectivity index (χ3v) is 3.78. The van der Waals surface area contributed by atoms with Crippen molar-refractivity contribution in [3.63, 3.8) is 0 Å². The lowest BCUT2D eigenvalue weighted by Crippen LogP contribution is -2.27. The molecule has 0 spiro atoms. The Labute approximate surface area is 107 Å². The predicted octanol–water partition coefficient (Wildman–Crippen LogP) is 3.18. The van der Waals surface area contributed by atoms with Gasteiger partial charge in [0.2, 0.25) is 0 Å². The van der Waals surface area contributed by atoms with Crippen LogP contribution in [-0.4, -0.2) is 18.8 Å². The van der Waals surface area contributed by atoms with Gasteiger partial charge in [0.1, 0.15) is 0 Å². The molecular weight excluding hydrogens is 238 g/mol. The summed E-state index contributed by atoms with van der Waals surface area (Å²) in [5.41, 5.74) is 1.82. The number of benzene rings is 1. The van der Waals surface area contributed by atoms with Crippen molar-refractivity contribution in [3.05, 3.63) is 22.2 Å². The van der Waals surface area contributed by atoms with Crippen LogP contribution in [0.3, 0.4) is 0 Å². The summed E-state index contributed by atoms with van der Waals surface area (Å²) in [5.74, 6) is 0.664. The summed E-state index contributed by atoms with van der Waals surface area (Å²) in [6.45, 7) is 2.92. The maximum absolute atomic E-state index is 10.2. The maximum atomic E-state index is 10.2. The zero-order valence-corrected chi connectivity index (χ0v) is 11.0. The first-order valence-electron chi connectivity index (χ1n) is 5.94. The van der Waals surface area contributed by atoms with Crippen molar-refractivity contribution in [1.29, 1.82) is 0 Å². The molecule has 1 aliphatic heterocycles. The molecule has 1 aromatic rings. The first-order valence-corrected chi connectivity index (χ1v) is 6.32. The van der Waals surface area contributed by atoms with Crippen LogP contribution in [0, 0.1) is 6.92 Å². The Morgan fingerprint density at radius 1 is 1.47 bits per heavy atom. The van der Waals surface area contributed by atoms with Crippen molar-refractivity contribution < 1.29 is 9.84 Å². The molecule has 0 amide bonds. The first kappa shape index (κ1) is 12.5. The van der Waals surface area contributed by atoms with E-state index in [1.54, 1.807) is 13.2 Å². The van der Waals surface area contributed by atoms with Crippen molar-refractivity contribution in [1.82, 2.24) is 5.32 Å². The van der Waals surface area contributed by atoms with Crippen molar-refractivity contribution >= 4 is 11.6 Å². The van der Waals surface area contributed by atoms with Crippen LogP contribution in [0.4, 0.5) is 0 Å². The van der Waals surface area contributed by atoms with Gasteiger partial charge in [-0.2, -0.15) is 0 Å². The highest BCUT2D eigenvalue weighted by molar-refractivity contribution is 6.31. The third kappa shape index (κ3) is 2.35. The molecule has 0 saturated carbocycles. The Hall–Kier alpha value is -0.930. The molecule has 1 atom stereocenters. The Morgan fingerprint density at radius 2 is 2.24 bits per heavy atom. The van der Waals surface area contributed by atoms with E-state index >= 15 is 0 Å². The fraction of sp³-hybridized carbons (Fsp3) is 0.538. The van der Waals surface area contributed by atoms with E-state index < -0.39 is 0 Å². The number of nitrogens with one attached hydrogen (secondary N) is 1. The molecule has 1 unspecified atom stereocenters. The van der Waals surface area contributed by atoms with E-state index in [0.29, 0.717) is 10.8 Å². The van der Waals surface area contributed by atoms with Gasteiger partial charge in [-0.25, -0.2) is 0 Å². The first-order chi connectivity index (χ1) is 8.15. The number of rotatable bonds is 2. The molecule has 4 heteroatoms. The second-order valence-electron chi connectivity index (χ2n) is 4.45. The van der Waals surface area contributed by atoms with Gasteiger partial charge < -0.3 is 15.2 Å². The van der Waals surface area contributed by atoms with Crippen LogP contribution in [0.25, 0.3) is 0 Å². The van der Waals surface area contributed by atoms with E-state index in [4.69, 9.17) is 16.3 Å². The van der Waals surface area contributed by atoms with E-state index in [-0.39, 0.29) is 11.8 Å². The van der Waals surface area contributed by atoms with Crippen LogP contribution < -0.4 is 10.1 Å². The normalized spacial score (nSPS) is 20.3. The molecule has 17 heavy (non-hydrogen) atoms. The summed E-state index contributed by atoms with van der Waals surface area (Å²) in [5, 5.41) is 14.3. The van der Waals surface area contributed by atoms with Gasteiger partial charge >= 0.3 is 0 Å². The zero-order valence-electron chi connectivity index (χ0n) is 10.2. The van der Waals surface area contributed by atoms with E-state index in [0.717, 1.165) is 24.1 Å². The Morgan fingerprint density at radius 3 is 2.82 bits per heavy atom. The smallest absolute Gasteiger partial charge is 0.162 e. The quantitative estimate of drug-likeness (QED) is 0.853. The van der Waals surface area contributed by atoms with Gasteiger partial charge in [-0.3, -0.25) is 0 Å². The summed E-state index contributed by atoms with van der Waals surface area (Å²) in [4.78, 5) is 0. The summed E-state index contributed by atoms with van der Waals surface area (Å²) >= 11 is 6.17. The van der Waals surface area contributed by atoms with Gasteiger partial charge in [0.25, 0.3) is 0 Å². The van der Waals surface area contributed by atoms with Crippen molar-refractivity contribution in [2.45, 2.75) is 32.2 Å². The monoisotopic (exact) mass is 255 g/mol. The standard InChI is InChI=1S/C13H18ClNO2/c1-8-9(14)7-11(17-2)13(16)12(8)10-5-3-4-6-15-10/h7,10,15-16H,3-6H2,1-2H3. The summed E-state index contributed by atoms with van der Waals surface area (Å²) in [6, 6.07) is 1.84. The SMILES string of the molecule is COc1cc(Cl)c(C)c(C2CCCCN2)c1O. The highest BCUT2D eigenvalue weighted by atomic mass is 35.5. The molecule has 0 aromatic heterocycles. The molecule has 2 rings (SSSR count). The average Bonchev–Trinajstić information content (AvgIpc) is 2.35. The predicted molar refractivity (Wildman–Crippen MR) is 69.0 cm³/mol. The van der Waals surface area contributed by atoms with Crippen LogP contribution in [0.2, 0.25) is 5.02 Å². The molecule has 3 nitrogen and oxygen atoms in total. The second-order valence-corrected chi connectivity index (χ2v) is 4.86. The number of hydrogen-bond acceptors (Lipinski definition) is 3. The molecule has 1 aliphatic rings. The summed E-state index contributed by atoms with van der Waals surface area (Å²) < 4.78 is 5.15. The van der Waals surface area contributed by atoms with Gasteiger partial charge in [-0.05, 0) is 31.9 Å². The van der Waals surface area contributed by atoms with Gasteiger partial charge in [-0.1, -0.05) is 18.0 Å². The topological polar surface area (TPSA) is 41.5 Å². The minimum atomic E-state index is 0.177. The van der Waals surface area contributed by atoms with Crippen LogP contribution in [-0.2, 0) is 0 Å². The molecular formula is C13H18ClNO2. The minimum Gasteiger partial charge on any atom is -0.504 e. The summed E-state index contributed by atoms with van der Waals surface area (Å²) in [6.07, 6.45) is 3.39. The van der Waals surface area contributed by atoms with Crippen molar-refractivity contribution in [2.24, 2.45) is 0 Å². The zero-order chi connectivity index (χ0) is 12.4. The van der Waals surface area contributed by atoms with Gasteiger partial charge in [0, 0.05) is 22.7 Å². The number of phenolic OH excluding ortho intramolecular Hbond substituents is 1. The molecule has 1 saturated heterocycles. The van der Waals surface area contributed by atoms with E-state index in [9.17, 15) is 5.11 Å². The molecule has 1 fully saturated rings. The average molecular weight is 256 g/mol. The van der Waals surface area contributed by atoms with Crippen molar-refractivity contribution in [3.8, 4) is 11.5 Å². The molecule has 1 aromatic carbocycles. The lowest BCUT2D eigenvalue weighted by atomic mass is 9.93. The highest BCUT2D eigenvalue weighted by Gasteiger charge is 2.23. The highest BCUT2D eigenvalue weighted by Crippen LogP contribution is 2.42. The Kier molecular flexibility index (Phi) is 3.79. The number of aromatic hydroxyl groups is 1. The Balaban J connectivity index is 2.46. The van der Waals surface area contributed by atoms with E-state index in [2.05, 4.69) is 5.32 Å². The van der Waals surface area contributed by atoms with Crippen LogP contribution in [0.5, 0.6) is 11.5 Å². The number of hydrogen-bond donors (Lipinski definition) is 2. The van der Waals surface area contributed by atoms with Crippen LogP contribution >= 0.6 is 11.6 Å². The number of piperidine rings is 1. The summed E-state index contributed by atoms with van der Waals surface area (Å²) in [7, 11) is 1.54. The van der Waals surface area contributed by atoms with Crippen LogP contribution in [0.1, 0.15) is 36.4 Å². The van der Waals surface area contributed by atoms with Gasteiger partial charge in [0.05, 0.1) is 7.11 Å². The fourth-order valence-electron chi connectivity index (χ4n) is 2.41.